The van der Waals surface area contributed by atoms with Crippen molar-refractivity contribution >= 4 is 21.8 Å². The van der Waals surface area contributed by atoms with Crippen LogP contribution in [0.4, 0.5) is 8.78 Å². The highest BCUT2D eigenvalue weighted by Gasteiger charge is 2.28. The zero-order valence-electron chi connectivity index (χ0n) is 11.3. The van der Waals surface area contributed by atoms with Gasteiger partial charge >= 0.3 is 0 Å². The second kappa shape index (κ2) is 6.63. The minimum atomic E-state index is -1.00. The summed E-state index contributed by atoms with van der Waals surface area (Å²) in [5.41, 5.74) is 0.171. The van der Waals surface area contributed by atoms with Crippen LogP contribution in [0.2, 0.25) is 0 Å². The van der Waals surface area contributed by atoms with Gasteiger partial charge in [0.25, 0.3) is 5.91 Å². The van der Waals surface area contributed by atoms with E-state index in [0.717, 1.165) is 38.1 Å². The Labute approximate surface area is 125 Å². The number of hydrogen-bond donors (Lipinski definition) is 1. The second-order valence-electron chi connectivity index (χ2n) is 4.89. The quantitative estimate of drug-likeness (QED) is 0.850. The smallest absolute Gasteiger partial charge is 0.255 e. The van der Waals surface area contributed by atoms with Gasteiger partial charge in [0.2, 0.25) is 0 Å². The summed E-state index contributed by atoms with van der Waals surface area (Å²) >= 11 is 3.14. The van der Waals surface area contributed by atoms with E-state index in [0.29, 0.717) is 6.54 Å². The van der Waals surface area contributed by atoms with Crippen molar-refractivity contribution in [1.82, 2.24) is 10.2 Å². The SMILES string of the molecule is CCCN(C(=O)c1cc(F)c(F)cc1Br)C1CCNC1. The zero-order valence-corrected chi connectivity index (χ0v) is 12.8. The molecule has 0 aromatic heterocycles. The lowest BCUT2D eigenvalue weighted by Gasteiger charge is -2.28. The highest BCUT2D eigenvalue weighted by molar-refractivity contribution is 9.10. The lowest BCUT2D eigenvalue weighted by Crippen LogP contribution is -2.42. The molecule has 20 heavy (non-hydrogen) atoms. The summed E-state index contributed by atoms with van der Waals surface area (Å²) in [5, 5.41) is 3.21. The van der Waals surface area contributed by atoms with E-state index in [2.05, 4.69) is 21.2 Å². The summed E-state index contributed by atoms with van der Waals surface area (Å²) in [7, 11) is 0. The van der Waals surface area contributed by atoms with Crippen LogP contribution in [0.15, 0.2) is 16.6 Å². The van der Waals surface area contributed by atoms with Crippen LogP contribution in [-0.2, 0) is 0 Å². The van der Waals surface area contributed by atoms with Crippen molar-refractivity contribution in [1.29, 1.82) is 0 Å². The maximum absolute atomic E-state index is 13.4. The average molecular weight is 347 g/mol. The minimum Gasteiger partial charge on any atom is -0.334 e. The third-order valence-corrected chi connectivity index (χ3v) is 4.10. The van der Waals surface area contributed by atoms with Crippen molar-refractivity contribution in [3.05, 3.63) is 33.8 Å². The maximum Gasteiger partial charge on any atom is 0.255 e. The normalized spacial score (nSPS) is 18.3. The van der Waals surface area contributed by atoms with Crippen LogP contribution in [-0.4, -0.2) is 36.5 Å². The van der Waals surface area contributed by atoms with Crippen molar-refractivity contribution in [2.45, 2.75) is 25.8 Å². The summed E-state index contributed by atoms with van der Waals surface area (Å²) in [6, 6.07) is 2.08. The fourth-order valence-electron chi connectivity index (χ4n) is 2.44. The van der Waals surface area contributed by atoms with Gasteiger partial charge in [0.05, 0.1) is 5.56 Å². The van der Waals surface area contributed by atoms with Crippen LogP contribution in [0.5, 0.6) is 0 Å². The molecule has 6 heteroatoms. The van der Waals surface area contributed by atoms with Crippen molar-refractivity contribution in [2.75, 3.05) is 19.6 Å². The van der Waals surface area contributed by atoms with Crippen molar-refractivity contribution < 1.29 is 13.6 Å². The molecule has 0 spiro atoms. The molecule has 1 aromatic rings. The number of carbonyl (C=O) groups excluding carboxylic acids is 1. The minimum absolute atomic E-state index is 0.113. The monoisotopic (exact) mass is 346 g/mol. The third-order valence-electron chi connectivity index (χ3n) is 3.44. The Morgan fingerprint density at radius 1 is 1.45 bits per heavy atom. The van der Waals surface area contributed by atoms with E-state index in [9.17, 15) is 13.6 Å². The van der Waals surface area contributed by atoms with Gasteiger partial charge in [-0.25, -0.2) is 8.78 Å². The molecule has 0 radical (unpaired) electrons. The van der Waals surface area contributed by atoms with Crippen LogP contribution >= 0.6 is 15.9 Å². The Balaban J connectivity index is 2.29. The number of amides is 1. The van der Waals surface area contributed by atoms with Gasteiger partial charge < -0.3 is 10.2 Å². The van der Waals surface area contributed by atoms with Crippen molar-refractivity contribution in [3.8, 4) is 0 Å². The van der Waals surface area contributed by atoms with Crippen LogP contribution in [0.3, 0.4) is 0 Å². The second-order valence-corrected chi connectivity index (χ2v) is 5.75. The number of rotatable bonds is 4. The first kappa shape index (κ1) is 15.4. The van der Waals surface area contributed by atoms with E-state index in [1.54, 1.807) is 4.90 Å². The summed E-state index contributed by atoms with van der Waals surface area (Å²) in [5.74, 6) is -2.22. The molecule has 1 aliphatic heterocycles. The number of hydrogen-bond acceptors (Lipinski definition) is 2. The molecule has 2 rings (SSSR count). The maximum atomic E-state index is 13.4. The first-order chi connectivity index (χ1) is 9.54. The molecular formula is C14H17BrF2N2O. The molecule has 1 N–H and O–H groups in total. The zero-order chi connectivity index (χ0) is 14.7. The van der Waals surface area contributed by atoms with E-state index in [-0.39, 0.29) is 22.0 Å². The number of carbonyl (C=O) groups is 1. The topological polar surface area (TPSA) is 32.3 Å². The molecule has 0 bridgehead atoms. The molecule has 1 aromatic carbocycles. The van der Waals surface area contributed by atoms with Gasteiger partial charge in [-0.15, -0.1) is 0 Å². The Hall–Kier alpha value is -1.01. The molecule has 0 saturated carbocycles. The average Bonchev–Trinajstić information content (AvgIpc) is 2.93. The first-order valence-corrected chi connectivity index (χ1v) is 7.50. The Kier molecular flexibility index (Phi) is 5.10. The van der Waals surface area contributed by atoms with E-state index in [4.69, 9.17) is 0 Å². The molecule has 1 unspecified atom stereocenters. The number of nitrogens with one attached hydrogen (secondary N) is 1. The van der Waals surface area contributed by atoms with Crippen LogP contribution in [0.1, 0.15) is 30.1 Å². The van der Waals surface area contributed by atoms with E-state index >= 15 is 0 Å². The number of halogens is 3. The van der Waals surface area contributed by atoms with Crippen molar-refractivity contribution in [3.63, 3.8) is 0 Å². The predicted octanol–water partition coefficient (Wildman–Crippen LogP) is 2.94. The predicted molar refractivity (Wildman–Crippen MR) is 76.7 cm³/mol. The van der Waals surface area contributed by atoms with Gasteiger partial charge in [-0.3, -0.25) is 4.79 Å². The van der Waals surface area contributed by atoms with Gasteiger partial charge in [0.15, 0.2) is 11.6 Å². The van der Waals surface area contributed by atoms with Gasteiger partial charge in [0.1, 0.15) is 0 Å². The van der Waals surface area contributed by atoms with E-state index in [1.165, 1.54) is 0 Å². The number of benzene rings is 1. The van der Waals surface area contributed by atoms with E-state index < -0.39 is 11.6 Å². The molecule has 110 valence electrons. The highest BCUT2D eigenvalue weighted by atomic mass is 79.9. The first-order valence-electron chi connectivity index (χ1n) is 6.70. The summed E-state index contributed by atoms with van der Waals surface area (Å²) in [4.78, 5) is 14.3. The van der Waals surface area contributed by atoms with Gasteiger partial charge in [-0.05, 0) is 47.4 Å². The van der Waals surface area contributed by atoms with E-state index in [1.807, 2.05) is 6.92 Å². The molecule has 1 atom stereocenters. The molecule has 1 heterocycles. The van der Waals surface area contributed by atoms with Crippen LogP contribution < -0.4 is 5.32 Å². The molecular weight excluding hydrogens is 330 g/mol. The van der Waals surface area contributed by atoms with Gasteiger partial charge in [0, 0.05) is 23.6 Å². The molecule has 0 aliphatic carbocycles. The standard InChI is InChI=1S/C14H17BrF2N2O/c1-2-5-19(9-3-4-18-8-9)14(20)10-6-12(16)13(17)7-11(10)15/h6-7,9,18H,2-5,8H2,1H3. The Bertz CT molecular complexity index is 504. The fraction of sp³-hybridized carbons (Fsp3) is 0.500. The molecule has 1 fully saturated rings. The summed E-state index contributed by atoms with van der Waals surface area (Å²) in [6.45, 7) is 4.21. The molecule has 1 saturated heterocycles. The van der Waals surface area contributed by atoms with Crippen LogP contribution in [0, 0.1) is 11.6 Å². The highest BCUT2D eigenvalue weighted by Crippen LogP contribution is 2.24. The fourth-order valence-corrected chi connectivity index (χ4v) is 2.92. The van der Waals surface area contributed by atoms with Gasteiger partial charge in [-0.2, -0.15) is 0 Å². The van der Waals surface area contributed by atoms with Gasteiger partial charge in [-0.1, -0.05) is 6.92 Å². The Morgan fingerprint density at radius 2 is 2.15 bits per heavy atom. The summed E-state index contributed by atoms with van der Waals surface area (Å²) < 4.78 is 26.8. The lowest BCUT2D eigenvalue weighted by atomic mass is 10.1. The van der Waals surface area contributed by atoms with Crippen molar-refractivity contribution in [2.24, 2.45) is 0 Å². The molecule has 3 nitrogen and oxygen atoms in total. The summed E-state index contributed by atoms with van der Waals surface area (Å²) in [6.07, 6.45) is 1.70. The molecule has 1 aliphatic rings. The number of nitrogens with zero attached hydrogens (tertiary/aromatic N) is 1. The Morgan fingerprint density at radius 3 is 2.75 bits per heavy atom. The molecule has 1 amide bonds. The van der Waals surface area contributed by atoms with Crippen LogP contribution in [0.25, 0.3) is 0 Å². The largest absolute Gasteiger partial charge is 0.334 e. The lowest BCUT2D eigenvalue weighted by molar-refractivity contribution is 0.0690. The third kappa shape index (κ3) is 3.17.